The van der Waals surface area contributed by atoms with Crippen LogP contribution in [0.3, 0.4) is 0 Å². The van der Waals surface area contributed by atoms with Crippen LogP contribution in [0, 0.1) is 0 Å². The van der Waals surface area contributed by atoms with Crippen molar-refractivity contribution in [2.45, 2.75) is 51.9 Å². The lowest BCUT2D eigenvalue weighted by Gasteiger charge is -2.00. The van der Waals surface area contributed by atoms with E-state index in [4.69, 9.17) is 0 Å². The summed E-state index contributed by atoms with van der Waals surface area (Å²) in [5.74, 6) is -0.284. The molecule has 0 N–H and O–H groups in total. The minimum atomic E-state index is -0.284. The maximum atomic E-state index is 10.9. The average molecular weight is 277 g/mol. The number of carbonyl (C=O) groups excluding carboxylic acids is 1. The van der Waals surface area contributed by atoms with Crippen LogP contribution in [0.5, 0.6) is 0 Å². The number of ether oxygens (including phenoxy) is 1. The van der Waals surface area contributed by atoms with Crippen LogP contribution < -0.4 is 0 Å². The van der Waals surface area contributed by atoms with Gasteiger partial charge in [-0.25, -0.2) is 4.79 Å². The Morgan fingerprint density at radius 1 is 1.20 bits per heavy atom. The third kappa shape index (κ3) is 9.98. The Morgan fingerprint density at radius 2 is 1.80 bits per heavy atom. The molecule has 0 unspecified atom stereocenters. The lowest BCUT2D eigenvalue weighted by atomic mass is 10.1. The van der Waals surface area contributed by atoms with Gasteiger partial charge < -0.3 is 4.74 Å². The number of rotatable bonds is 8. The molecule has 0 aliphatic carbocycles. The Bertz CT molecular complexity index is 200. The minimum Gasteiger partial charge on any atom is -0.466 e. The van der Waals surface area contributed by atoms with E-state index in [1.807, 2.05) is 0 Å². The standard InChI is InChI=1S/C12H21BrO2/c1-3-4-5-6-7-8-9-11(13)10-12(14)15-2/h10H,3-9H2,1-2H3. The number of halogens is 1. The van der Waals surface area contributed by atoms with E-state index >= 15 is 0 Å². The molecule has 0 aliphatic heterocycles. The first kappa shape index (κ1) is 14.7. The molecule has 0 spiro atoms. The maximum absolute atomic E-state index is 10.9. The highest BCUT2D eigenvalue weighted by molar-refractivity contribution is 9.11. The van der Waals surface area contributed by atoms with E-state index in [0.29, 0.717) is 0 Å². The molecule has 0 fully saturated rings. The molecule has 2 nitrogen and oxygen atoms in total. The molecule has 15 heavy (non-hydrogen) atoms. The highest BCUT2D eigenvalue weighted by Gasteiger charge is 1.98. The second-order valence-electron chi connectivity index (χ2n) is 3.63. The van der Waals surface area contributed by atoms with Crippen molar-refractivity contribution in [2.75, 3.05) is 7.11 Å². The monoisotopic (exact) mass is 276 g/mol. The van der Waals surface area contributed by atoms with E-state index in [9.17, 15) is 4.79 Å². The summed E-state index contributed by atoms with van der Waals surface area (Å²) in [6.07, 6.45) is 10.1. The topological polar surface area (TPSA) is 26.3 Å². The number of hydrogen-bond donors (Lipinski definition) is 0. The van der Waals surface area contributed by atoms with Gasteiger partial charge in [0.15, 0.2) is 0 Å². The van der Waals surface area contributed by atoms with Gasteiger partial charge in [0.2, 0.25) is 0 Å². The zero-order valence-electron chi connectivity index (χ0n) is 9.72. The molecule has 0 rings (SSSR count). The summed E-state index contributed by atoms with van der Waals surface area (Å²) in [7, 11) is 1.39. The second kappa shape index (κ2) is 10.2. The van der Waals surface area contributed by atoms with E-state index in [2.05, 4.69) is 27.6 Å². The highest BCUT2D eigenvalue weighted by atomic mass is 79.9. The fourth-order valence-corrected chi connectivity index (χ4v) is 1.80. The maximum Gasteiger partial charge on any atom is 0.331 e. The lowest BCUT2D eigenvalue weighted by molar-refractivity contribution is -0.134. The molecule has 0 aromatic rings. The normalized spacial score (nSPS) is 11.5. The van der Waals surface area contributed by atoms with Crippen LogP contribution in [-0.2, 0) is 9.53 Å². The smallest absolute Gasteiger partial charge is 0.331 e. The van der Waals surface area contributed by atoms with Gasteiger partial charge in [0.25, 0.3) is 0 Å². The summed E-state index contributed by atoms with van der Waals surface area (Å²) in [6.45, 7) is 2.22. The van der Waals surface area contributed by atoms with Gasteiger partial charge in [0, 0.05) is 10.6 Å². The Hall–Kier alpha value is -0.310. The molecule has 3 heteroatoms. The first-order chi connectivity index (χ1) is 7.20. The third-order valence-corrected chi connectivity index (χ3v) is 2.87. The Morgan fingerprint density at radius 3 is 2.40 bits per heavy atom. The van der Waals surface area contributed by atoms with Gasteiger partial charge >= 0.3 is 5.97 Å². The van der Waals surface area contributed by atoms with Crippen molar-refractivity contribution in [2.24, 2.45) is 0 Å². The average Bonchev–Trinajstić information content (AvgIpc) is 2.23. The van der Waals surface area contributed by atoms with Crippen LogP contribution >= 0.6 is 15.9 Å². The Labute approximate surface area is 101 Å². The zero-order chi connectivity index (χ0) is 11.5. The summed E-state index contributed by atoms with van der Waals surface area (Å²) < 4.78 is 5.47. The summed E-state index contributed by atoms with van der Waals surface area (Å²) in [6, 6.07) is 0. The van der Waals surface area contributed by atoms with Gasteiger partial charge in [0.1, 0.15) is 0 Å². The van der Waals surface area contributed by atoms with Crippen molar-refractivity contribution in [3.8, 4) is 0 Å². The fourth-order valence-electron chi connectivity index (χ4n) is 1.33. The van der Waals surface area contributed by atoms with Gasteiger partial charge in [-0.1, -0.05) is 55.0 Å². The molecule has 0 aromatic heterocycles. The van der Waals surface area contributed by atoms with Crippen molar-refractivity contribution < 1.29 is 9.53 Å². The molecule has 0 bridgehead atoms. The first-order valence-corrected chi connectivity index (χ1v) is 6.44. The largest absolute Gasteiger partial charge is 0.466 e. The van der Waals surface area contributed by atoms with Crippen LogP contribution in [0.15, 0.2) is 10.6 Å². The molecule has 0 aliphatic rings. The van der Waals surface area contributed by atoms with Crippen LogP contribution in [0.4, 0.5) is 0 Å². The molecule has 0 saturated heterocycles. The summed E-state index contributed by atoms with van der Waals surface area (Å²) in [5.41, 5.74) is 0. The van der Waals surface area contributed by atoms with Gasteiger partial charge in [-0.05, 0) is 12.8 Å². The second-order valence-corrected chi connectivity index (χ2v) is 4.65. The molecule has 0 amide bonds. The summed E-state index contributed by atoms with van der Waals surface area (Å²) in [4.78, 5) is 10.9. The molecule has 0 heterocycles. The van der Waals surface area contributed by atoms with Gasteiger partial charge in [-0.2, -0.15) is 0 Å². The molecule has 0 saturated carbocycles. The number of methoxy groups -OCH3 is 1. The van der Waals surface area contributed by atoms with Crippen LogP contribution in [0.25, 0.3) is 0 Å². The lowest BCUT2D eigenvalue weighted by Crippen LogP contribution is -1.95. The first-order valence-electron chi connectivity index (χ1n) is 5.64. The van der Waals surface area contributed by atoms with Crippen molar-refractivity contribution in [3.63, 3.8) is 0 Å². The van der Waals surface area contributed by atoms with Crippen LogP contribution in [0.1, 0.15) is 51.9 Å². The van der Waals surface area contributed by atoms with Gasteiger partial charge in [-0.3, -0.25) is 0 Å². The van der Waals surface area contributed by atoms with Crippen molar-refractivity contribution in [3.05, 3.63) is 10.6 Å². The number of allylic oxidation sites excluding steroid dienone is 1. The SMILES string of the molecule is CCCCCCCCC(Br)=CC(=O)OC. The van der Waals surface area contributed by atoms with Gasteiger partial charge in [-0.15, -0.1) is 0 Å². The predicted octanol–water partition coefficient (Wildman–Crippen LogP) is 4.19. The minimum absolute atomic E-state index is 0.284. The summed E-state index contributed by atoms with van der Waals surface area (Å²) >= 11 is 3.36. The number of esters is 1. The molecule has 0 radical (unpaired) electrons. The summed E-state index contributed by atoms with van der Waals surface area (Å²) in [5, 5.41) is 0. The number of carbonyl (C=O) groups is 1. The van der Waals surface area contributed by atoms with E-state index < -0.39 is 0 Å². The Kier molecular flexibility index (Phi) is 10.0. The number of unbranched alkanes of at least 4 members (excludes halogenated alkanes) is 5. The van der Waals surface area contributed by atoms with Crippen molar-refractivity contribution in [1.29, 1.82) is 0 Å². The molecular weight excluding hydrogens is 256 g/mol. The third-order valence-electron chi connectivity index (χ3n) is 2.24. The highest BCUT2D eigenvalue weighted by Crippen LogP contribution is 2.16. The van der Waals surface area contributed by atoms with Crippen molar-refractivity contribution >= 4 is 21.9 Å². The predicted molar refractivity (Wildman–Crippen MR) is 67.0 cm³/mol. The molecule has 88 valence electrons. The van der Waals surface area contributed by atoms with E-state index in [1.165, 1.54) is 45.3 Å². The quantitative estimate of drug-likeness (QED) is 0.378. The fraction of sp³-hybridized carbons (Fsp3) is 0.750. The van der Waals surface area contributed by atoms with Crippen LogP contribution in [-0.4, -0.2) is 13.1 Å². The zero-order valence-corrected chi connectivity index (χ0v) is 11.3. The van der Waals surface area contributed by atoms with E-state index in [-0.39, 0.29) is 5.97 Å². The van der Waals surface area contributed by atoms with E-state index in [0.717, 1.165) is 17.3 Å². The van der Waals surface area contributed by atoms with Crippen LogP contribution in [0.2, 0.25) is 0 Å². The number of hydrogen-bond acceptors (Lipinski definition) is 2. The Balaban J connectivity index is 3.42. The molecular formula is C12H21BrO2. The van der Waals surface area contributed by atoms with Crippen molar-refractivity contribution in [1.82, 2.24) is 0 Å². The molecule has 0 aromatic carbocycles. The van der Waals surface area contributed by atoms with E-state index in [1.54, 1.807) is 0 Å². The van der Waals surface area contributed by atoms with Gasteiger partial charge in [0.05, 0.1) is 7.11 Å². The molecule has 0 atom stereocenters.